The third kappa shape index (κ3) is 4.67. The molecule has 132 valence electrons. The lowest BCUT2D eigenvalue weighted by atomic mass is 10.0. The molecule has 1 N–H and O–H groups in total. The zero-order valence-electron chi connectivity index (χ0n) is 14.7. The van der Waals surface area contributed by atoms with Gasteiger partial charge in [0.1, 0.15) is 5.82 Å². The number of nitrogens with zero attached hydrogens (tertiary/aromatic N) is 1. The first kappa shape index (κ1) is 17.6. The number of halogens is 1. The van der Waals surface area contributed by atoms with Gasteiger partial charge in [0.05, 0.1) is 6.04 Å². The van der Waals surface area contributed by atoms with Crippen LogP contribution in [0.4, 0.5) is 4.39 Å². The highest BCUT2D eigenvalue weighted by Gasteiger charge is 2.27. The van der Waals surface area contributed by atoms with Crippen molar-refractivity contribution in [3.63, 3.8) is 0 Å². The van der Waals surface area contributed by atoms with Gasteiger partial charge in [-0.25, -0.2) is 4.39 Å². The first-order valence-electron chi connectivity index (χ1n) is 8.95. The monoisotopic (exact) mass is 340 g/mol. The maximum absolute atomic E-state index is 13.5. The average Bonchev–Trinajstić information content (AvgIpc) is 2.63. The summed E-state index contributed by atoms with van der Waals surface area (Å²) in [4.78, 5) is 14.6. The van der Waals surface area contributed by atoms with Gasteiger partial charge >= 0.3 is 0 Å². The van der Waals surface area contributed by atoms with E-state index in [0.29, 0.717) is 19.5 Å². The van der Waals surface area contributed by atoms with E-state index >= 15 is 0 Å². The summed E-state index contributed by atoms with van der Waals surface area (Å²) in [6.07, 6.45) is 2.27. The Kier molecular flexibility index (Phi) is 5.82. The van der Waals surface area contributed by atoms with Crippen LogP contribution < -0.4 is 5.32 Å². The second-order valence-corrected chi connectivity index (χ2v) is 6.70. The van der Waals surface area contributed by atoms with E-state index in [2.05, 4.69) is 36.5 Å². The van der Waals surface area contributed by atoms with Crippen LogP contribution in [-0.2, 0) is 11.2 Å². The predicted octanol–water partition coefficient (Wildman–Crippen LogP) is 3.63. The largest absolute Gasteiger partial charge is 0.333 e. The second kappa shape index (κ2) is 8.26. The minimum absolute atomic E-state index is 0.0867. The number of hydrogen-bond donors (Lipinski definition) is 1. The summed E-state index contributed by atoms with van der Waals surface area (Å²) >= 11 is 0. The second-order valence-electron chi connectivity index (χ2n) is 6.70. The van der Waals surface area contributed by atoms with Gasteiger partial charge in [-0.05, 0) is 43.0 Å². The van der Waals surface area contributed by atoms with Crippen LogP contribution in [-0.4, -0.2) is 30.4 Å². The summed E-state index contributed by atoms with van der Waals surface area (Å²) < 4.78 is 13.5. The van der Waals surface area contributed by atoms with Crippen molar-refractivity contribution in [2.45, 2.75) is 32.2 Å². The van der Waals surface area contributed by atoms with E-state index < -0.39 is 0 Å². The van der Waals surface area contributed by atoms with Gasteiger partial charge in [-0.15, -0.1) is 0 Å². The zero-order valence-corrected chi connectivity index (χ0v) is 14.7. The van der Waals surface area contributed by atoms with Gasteiger partial charge in [0.2, 0.25) is 5.91 Å². The standard InChI is InChI=1S/C21H25FN2O/c1-16-8-10-17(11-9-16)4-2-7-21(25)24-13-12-23-15-20(24)18-5-3-6-19(22)14-18/h3,5-6,8-11,14,20,23H,2,4,7,12-13,15H2,1H3. The van der Waals surface area contributed by atoms with Crippen molar-refractivity contribution >= 4 is 5.91 Å². The molecule has 1 saturated heterocycles. The molecule has 0 spiro atoms. The molecule has 1 amide bonds. The summed E-state index contributed by atoms with van der Waals surface area (Å²) in [6, 6.07) is 14.9. The molecule has 3 nitrogen and oxygen atoms in total. The molecule has 4 heteroatoms. The van der Waals surface area contributed by atoms with Crippen molar-refractivity contribution in [3.05, 3.63) is 71.0 Å². The smallest absolute Gasteiger partial charge is 0.223 e. The Morgan fingerprint density at radius 1 is 1.24 bits per heavy atom. The van der Waals surface area contributed by atoms with Gasteiger partial charge in [-0.1, -0.05) is 42.0 Å². The van der Waals surface area contributed by atoms with E-state index in [1.54, 1.807) is 6.07 Å². The van der Waals surface area contributed by atoms with Gasteiger partial charge in [0, 0.05) is 26.1 Å². The molecule has 2 aromatic carbocycles. The number of nitrogens with one attached hydrogen (secondary N) is 1. The molecule has 1 fully saturated rings. The quantitative estimate of drug-likeness (QED) is 0.901. The van der Waals surface area contributed by atoms with E-state index in [1.807, 2.05) is 11.0 Å². The van der Waals surface area contributed by atoms with Gasteiger partial charge in [-0.2, -0.15) is 0 Å². The van der Waals surface area contributed by atoms with Gasteiger partial charge in [0.25, 0.3) is 0 Å². The van der Waals surface area contributed by atoms with Crippen LogP contribution in [0.15, 0.2) is 48.5 Å². The van der Waals surface area contributed by atoms with Crippen LogP contribution in [0.3, 0.4) is 0 Å². The minimum atomic E-state index is -0.255. The maximum Gasteiger partial charge on any atom is 0.223 e. The number of piperazine rings is 1. The van der Waals surface area contributed by atoms with Crippen LogP contribution in [0.2, 0.25) is 0 Å². The molecule has 0 radical (unpaired) electrons. The Balaban J connectivity index is 1.60. The van der Waals surface area contributed by atoms with Crippen LogP contribution in [0.25, 0.3) is 0 Å². The van der Waals surface area contributed by atoms with Gasteiger partial charge in [0.15, 0.2) is 0 Å². The van der Waals surface area contributed by atoms with Crippen LogP contribution >= 0.6 is 0 Å². The van der Waals surface area contributed by atoms with Crippen molar-refractivity contribution in [2.24, 2.45) is 0 Å². The molecule has 0 saturated carbocycles. The SMILES string of the molecule is Cc1ccc(CCCC(=O)N2CCNCC2c2cccc(F)c2)cc1. The summed E-state index contributed by atoms with van der Waals surface area (Å²) in [5.41, 5.74) is 3.37. The number of aryl methyl sites for hydroxylation is 2. The highest BCUT2D eigenvalue weighted by atomic mass is 19.1. The van der Waals surface area contributed by atoms with Crippen molar-refractivity contribution in [1.82, 2.24) is 10.2 Å². The van der Waals surface area contributed by atoms with Crippen molar-refractivity contribution < 1.29 is 9.18 Å². The Bertz CT molecular complexity index is 714. The normalized spacial score (nSPS) is 17.5. The highest BCUT2D eigenvalue weighted by molar-refractivity contribution is 5.77. The van der Waals surface area contributed by atoms with Crippen LogP contribution in [0.5, 0.6) is 0 Å². The van der Waals surface area contributed by atoms with E-state index in [-0.39, 0.29) is 17.8 Å². The third-order valence-electron chi connectivity index (χ3n) is 4.77. The fourth-order valence-electron chi connectivity index (χ4n) is 3.36. The summed E-state index contributed by atoms with van der Waals surface area (Å²) in [5.74, 6) is -0.0993. The number of hydrogen-bond acceptors (Lipinski definition) is 2. The first-order chi connectivity index (χ1) is 12.1. The molecule has 0 bridgehead atoms. The Morgan fingerprint density at radius 2 is 2.04 bits per heavy atom. The van der Waals surface area contributed by atoms with Gasteiger partial charge < -0.3 is 10.2 Å². The maximum atomic E-state index is 13.5. The molecule has 1 aliphatic heterocycles. The number of carbonyl (C=O) groups excluding carboxylic acids is 1. The Morgan fingerprint density at radius 3 is 2.80 bits per heavy atom. The van der Waals surface area contributed by atoms with Crippen molar-refractivity contribution in [3.8, 4) is 0 Å². The highest BCUT2D eigenvalue weighted by Crippen LogP contribution is 2.24. The fraction of sp³-hybridized carbons (Fsp3) is 0.381. The number of benzene rings is 2. The predicted molar refractivity (Wildman–Crippen MR) is 97.8 cm³/mol. The van der Waals surface area contributed by atoms with E-state index in [4.69, 9.17) is 0 Å². The number of amides is 1. The Labute approximate surface area is 148 Å². The molecule has 0 aromatic heterocycles. The molecule has 2 aromatic rings. The number of rotatable bonds is 5. The molecule has 1 unspecified atom stereocenters. The zero-order chi connectivity index (χ0) is 17.6. The summed E-state index contributed by atoms with van der Waals surface area (Å²) in [7, 11) is 0. The van der Waals surface area contributed by atoms with Crippen molar-refractivity contribution in [2.75, 3.05) is 19.6 Å². The third-order valence-corrected chi connectivity index (χ3v) is 4.77. The molecule has 1 heterocycles. The lowest BCUT2D eigenvalue weighted by Gasteiger charge is -2.36. The Hall–Kier alpha value is -2.20. The van der Waals surface area contributed by atoms with Crippen LogP contribution in [0, 0.1) is 12.7 Å². The molecule has 25 heavy (non-hydrogen) atoms. The molecular formula is C21H25FN2O. The van der Waals surface area contributed by atoms with E-state index in [9.17, 15) is 9.18 Å². The summed E-state index contributed by atoms with van der Waals surface area (Å²) in [6.45, 7) is 4.21. The minimum Gasteiger partial charge on any atom is -0.333 e. The molecule has 3 rings (SSSR count). The first-order valence-corrected chi connectivity index (χ1v) is 8.95. The molecule has 1 aliphatic rings. The summed E-state index contributed by atoms with van der Waals surface area (Å²) in [5, 5.41) is 3.31. The fourth-order valence-corrected chi connectivity index (χ4v) is 3.36. The lowest BCUT2D eigenvalue weighted by molar-refractivity contribution is -0.134. The van der Waals surface area contributed by atoms with Crippen LogP contribution in [0.1, 0.15) is 35.6 Å². The molecular weight excluding hydrogens is 315 g/mol. The van der Waals surface area contributed by atoms with Gasteiger partial charge in [-0.3, -0.25) is 4.79 Å². The molecule has 1 atom stereocenters. The number of carbonyl (C=O) groups is 1. The molecule has 0 aliphatic carbocycles. The van der Waals surface area contributed by atoms with E-state index in [1.165, 1.54) is 23.3 Å². The topological polar surface area (TPSA) is 32.3 Å². The van der Waals surface area contributed by atoms with E-state index in [0.717, 1.165) is 24.9 Å². The lowest BCUT2D eigenvalue weighted by Crippen LogP contribution is -2.48. The average molecular weight is 340 g/mol. The van der Waals surface area contributed by atoms with Crippen molar-refractivity contribution in [1.29, 1.82) is 0 Å².